The maximum absolute atomic E-state index is 9.92. The zero-order valence-corrected chi connectivity index (χ0v) is 16.0. The Kier molecular flexibility index (Phi) is 6.51. The van der Waals surface area contributed by atoms with Gasteiger partial charge in [-0.15, -0.1) is 0 Å². The first-order valence-electron chi connectivity index (χ1n) is 9.01. The maximum atomic E-state index is 9.92. The van der Waals surface area contributed by atoms with Gasteiger partial charge in [0.1, 0.15) is 5.82 Å². The van der Waals surface area contributed by atoms with Crippen molar-refractivity contribution in [3.05, 3.63) is 47.0 Å². The van der Waals surface area contributed by atoms with E-state index in [0.29, 0.717) is 0 Å². The molecule has 1 saturated heterocycles. The molecule has 25 heavy (non-hydrogen) atoms. The Morgan fingerprint density at radius 1 is 1.24 bits per heavy atom. The van der Waals surface area contributed by atoms with E-state index in [9.17, 15) is 5.11 Å². The van der Waals surface area contributed by atoms with Gasteiger partial charge in [0.2, 0.25) is 0 Å². The summed E-state index contributed by atoms with van der Waals surface area (Å²) in [5.41, 5.74) is 2.51. The summed E-state index contributed by atoms with van der Waals surface area (Å²) in [6.07, 6.45) is 4.76. The van der Waals surface area contributed by atoms with Crippen LogP contribution in [0.3, 0.4) is 0 Å². The fourth-order valence-corrected chi connectivity index (χ4v) is 3.60. The summed E-state index contributed by atoms with van der Waals surface area (Å²) < 4.78 is 2.04. The smallest absolute Gasteiger partial charge is 0.151 e. The zero-order valence-electron chi connectivity index (χ0n) is 15.2. The summed E-state index contributed by atoms with van der Waals surface area (Å²) in [7, 11) is 0. The minimum Gasteiger partial charge on any atom is -0.392 e. The zero-order chi connectivity index (χ0) is 17.6. The molecule has 1 aromatic carbocycles. The molecule has 1 aliphatic rings. The molecule has 0 aliphatic carbocycles. The number of rotatable bonds is 7. The first kappa shape index (κ1) is 18.4. The fourth-order valence-electron chi connectivity index (χ4n) is 3.21. The van der Waals surface area contributed by atoms with Crippen molar-refractivity contribution in [2.24, 2.45) is 0 Å². The first-order chi connectivity index (χ1) is 12.1. The molecule has 2 heterocycles. The Bertz CT molecular complexity index is 671. The monoisotopic (exact) mass is 360 g/mol. The van der Waals surface area contributed by atoms with Gasteiger partial charge in [0, 0.05) is 18.7 Å². The molecule has 0 unspecified atom stereocenters. The Morgan fingerprint density at radius 2 is 2.04 bits per heavy atom. The number of aromatic nitrogens is 3. The van der Waals surface area contributed by atoms with Gasteiger partial charge in [-0.05, 0) is 38.1 Å². The largest absolute Gasteiger partial charge is 0.392 e. The highest BCUT2D eigenvalue weighted by Crippen LogP contribution is 2.15. The minimum absolute atomic E-state index is 0.210. The first-order valence-corrected chi connectivity index (χ1v) is 10.4. The Labute approximate surface area is 154 Å². The normalized spacial score (nSPS) is 18.6. The quantitative estimate of drug-likeness (QED) is 0.822. The van der Waals surface area contributed by atoms with Crippen LogP contribution in [0.1, 0.15) is 35.6 Å². The molecule has 1 aromatic heterocycles. The highest BCUT2D eigenvalue weighted by Gasteiger charge is 2.20. The molecule has 1 N–H and O–H groups in total. The predicted molar refractivity (Wildman–Crippen MR) is 103 cm³/mol. The summed E-state index contributed by atoms with van der Waals surface area (Å²) >= 11 is 1.82. The maximum Gasteiger partial charge on any atom is 0.151 e. The number of aliphatic hydroxyl groups is 1. The van der Waals surface area contributed by atoms with Gasteiger partial charge < -0.3 is 5.11 Å². The van der Waals surface area contributed by atoms with E-state index >= 15 is 0 Å². The third kappa shape index (κ3) is 5.30. The van der Waals surface area contributed by atoms with Gasteiger partial charge in [0.25, 0.3) is 0 Å². The topological polar surface area (TPSA) is 54.2 Å². The van der Waals surface area contributed by atoms with Crippen molar-refractivity contribution >= 4 is 11.8 Å². The van der Waals surface area contributed by atoms with Crippen LogP contribution in [0.4, 0.5) is 0 Å². The summed E-state index contributed by atoms with van der Waals surface area (Å²) in [6, 6.07) is 8.60. The van der Waals surface area contributed by atoms with Crippen LogP contribution in [0.2, 0.25) is 0 Å². The number of likely N-dealkylation sites (tertiary alicyclic amines) is 1. The average molecular weight is 361 g/mol. The van der Waals surface area contributed by atoms with Gasteiger partial charge in [0.15, 0.2) is 5.82 Å². The molecule has 0 spiro atoms. The summed E-state index contributed by atoms with van der Waals surface area (Å²) in [5, 5.41) is 14.7. The average Bonchev–Trinajstić information content (AvgIpc) is 2.96. The van der Waals surface area contributed by atoms with E-state index < -0.39 is 0 Å². The SMILES string of the molecule is CSCCc1nc(CN2CCC[C@H](O)C2)n(Cc2ccc(C)cc2)n1. The van der Waals surface area contributed by atoms with Crippen LogP contribution in [-0.2, 0) is 19.5 Å². The van der Waals surface area contributed by atoms with E-state index in [4.69, 9.17) is 10.1 Å². The van der Waals surface area contributed by atoms with Crippen LogP contribution < -0.4 is 0 Å². The van der Waals surface area contributed by atoms with Crippen molar-refractivity contribution in [3.8, 4) is 0 Å². The number of benzene rings is 1. The van der Waals surface area contributed by atoms with E-state index in [1.807, 2.05) is 16.4 Å². The van der Waals surface area contributed by atoms with E-state index in [-0.39, 0.29) is 6.10 Å². The number of hydrogen-bond donors (Lipinski definition) is 1. The van der Waals surface area contributed by atoms with Crippen molar-refractivity contribution in [2.45, 2.75) is 45.4 Å². The van der Waals surface area contributed by atoms with Crippen LogP contribution >= 0.6 is 11.8 Å². The fraction of sp³-hybridized carbons (Fsp3) is 0.579. The van der Waals surface area contributed by atoms with E-state index in [1.165, 1.54) is 11.1 Å². The number of piperidine rings is 1. The number of thioether (sulfide) groups is 1. The molecule has 5 nitrogen and oxygen atoms in total. The van der Waals surface area contributed by atoms with Gasteiger partial charge >= 0.3 is 0 Å². The van der Waals surface area contributed by atoms with Gasteiger partial charge in [0.05, 0.1) is 19.2 Å². The van der Waals surface area contributed by atoms with Crippen LogP contribution in [0, 0.1) is 6.92 Å². The van der Waals surface area contributed by atoms with Crippen LogP contribution in [0.15, 0.2) is 24.3 Å². The standard InChI is InChI=1S/C19H28N4OS/c1-15-5-7-16(8-6-15)12-23-19(20-18(21-23)9-11-25-2)14-22-10-3-4-17(24)13-22/h5-8,17,24H,3-4,9-14H2,1-2H3/t17-/m0/s1. The second-order valence-electron chi connectivity index (χ2n) is 6.86. The summed E-state index contributed by atoms with van der Waals surface area (Å²) in [5.74, 6) is 2.97. The summed E-state index contributed by atoms with van der Waals surface area (Å²) in [4.78, 5) is 7.09. The molecule has 3 rings (SSSR count). The second-order valence-corrected chi connectivity index (χ2v) is 7.85. The highest BCUT2D eigenvalue weighted by molar-refractivity contribution is 7.98. The molecule has 1 aliphatic heterocycles. The van der Waals surface area contributed by atoms with E-state index in [2.05, 4.69) is 42.3 Å². The number of β-amino-alcohol motifs (C(OH)–C–C–N with tert-alkyl or cyclic N) is 1. The van der Waals surface area contributed by atoms with E-state index in [0.717, 1.165) is 62.8 Å². The Hall–Kier alpha value is -1.37. The minimum atomic E-state index is -0.210. The van der Waals surface area contributed by atoms with Crippen molar-refractivity contribution in [1.29, 1.82) is 0 Å². The molecule has 0 amide bonds. The summed E-state index contributed by atoms with van der Waals surface area (Å²) in [6.45, 7) is 5.37. The van der Waals surface area contributed by atoms with Gasteiger partial charge in [-0.1, -0.05) is 29.8 Å². The number of aliphatic hydroxyl groups excluding tert-OH is 1. The lowest BCUT2D eigenvalue weighted by molar-refractivity contribution is 0.0648. The Morgan fingerprint density at radius 3 is 2.76 bits per heavy atom. The van der Waals surface area contributed by atoms with Crippen molar-refractivity contribution in [2.75, 3.05) is 25.1 Å². The van der Waals surface area contributed by atoms with Crippen molar-refractivity contribution < 1.29 is 5.11 Å². The molecule has 0 saturated carbocycles. The predicted octanol–water partition coefficient (Wildman–Crippen LogP) is 2.50. The van der Waals surface area contributed by atoms with Crippen LogP contribution in [0.5, 0.6) is 0 Å². The molecule has 6 heteroatoms. The lowest BCUT2D eigenvalue weighted by Crippen LogP contribution is -2.38. The lowest BCUT2D eigenvalue weighted by atomic mass is 10.1. The number of nitrogens with zero attached hydrogens (tertiary/aromatic N) is 4. The molecule has 136 valence electrons. The van der Waals surface area contributed by atoms with Crippen molar-refractivity contribution in [3.63, 3.8) is 0 Å². The van der Waals surface area contributed by atoms with Gasteiger partial charge in [-0.25, -0.2) is 9.67 Å². The second kappa shape index (κ2) is 8.83. The van der Waals surface area contributed by atoms with Gasteiger partial charge in [-0.3, -0.25) is 4.90 Å². The van der Waals surface area contributed by atoms with Crippen molar-refractivity contribution in [1.82, 2.24) is 19.7 Å². The third-order valence-electron chi connectivity index (χ3n) is 4.62. The molecular formula is C19H28N4OS. The van der Waals surface area contributed by atoms with Crippen LogP contribution in [-0.4, -0.2) is 56.0 Å². The highest BCUT2D eigenvalue weighted by atomic mass is 32.2. The molecule has 0 bridgehead atoms. The molecule has 0 radical (unpaired) electrons. The third-order valence-corrected chi connectivity index (χ3v) is 5.23. The molecule has 1 atom stereocenters. The number of hydrogen-bond acceptors (Lipinski definition) is 5. The molecule has 2 aromatic rings. The number of aryl methyl sites for hydroxylation is 2. The molecular weight excluding hydrogens is 332 g/mol. The van der Waals surface area contributed by atoms with E-state index in [1.54, 1.807) is 0 Å². The van der Waals surface area contributed by atoms with Gasteiger partial charge in [-0.2, -0.15) is 16.9 Å². The Balaban J connectivity index is 1.76. The molecule has 1 fully saturated rings. The van der Waals surface area contributed by atoms with Crippen LogP contribution in [0.25, 0.3) is 0 Å². The lowest BCUT2D eigenvalue weighted by Gasteiger charge is -2.29.